The molecule has 0 spiro atoms. The lowest BCUT2D eigenvalue weighted by atomic mass is 10.1. The Balaban J connectivity index is 2.08. The van der Waals surface area contributed by atoms with Crippen molar-refractivity contribution >= 4 is 5.91 Å². The van der Waals surface area contributed by atoms with E-state index >= 15 is 0 Å². The second-order valence-electron chi connectivity index (χ2n) is 4.27. The number of benzene rings is 1. The fourth-order valence-electron chi connectivity index (χ4n) is 2.15. The number of methoxy groups -OCH3 is 1. The van der Waals surface area contributed by atoms with Gasteiger partial charge < -0.3 is 9.64 Å². The van der Waals surface area contributed by atoms with Gasteiger partial charge in [-0.15, -0.1) is 0 Å². The molecular weight excluding hydrogens is 235 g/mol. The van der Waals surface area contributed by atoms with Crippen LogP contribution >= 0.6 is 0 Å². The van der Waals surface area contributed by atoms with E-state index in [0.29, 0.717) is 19.7 Å². The summed E-state index contributed by atoms with van der Waals surface area (Å²) in [5.74, 6) is -0.245. The van der Waals surface area contributed by atoms with Crippen LogP contribution in [0.1, 0.15) is 18.2 Å². The smallest absolute Gasteiger partial charge is 0.238 e. The first-order chi connectivity index (χ1) is 8.72. The Labute approximate surface area is 106 Å². The molecule has 5 heteroatoms. The predicted octanol–water partition coefficient (Wildman–Crippen LogP) is 1.29. The molecule has 0 saturated carbocycles. The third-order valence-corrected chi connectivity index (χ3v) is 2.99. The number of hydrogen-bond acceptors (Lipinski definition) is 3. The van der Waals surface area contributed by atoms with E-state index in [1.54, 1.807) is 18.1 Å². The predicted molar refractivity (Wildman–Crippen MR) is 65.3 cm³/mol. The molecule has 98 valence electrons. The maximum atomic E-state index is 13.2. The summed E-state index contributed by atoms with van der Waals surface area (Å²) in [7, 11) is 1.63. The molecule has 0 radical (unpaired) electrons. The maximum Gasteiger partial charge on any atom is 0.238 e. The number of carbonyl (C=O) groups is 1. The zero-order valence-corrected chi connectivity index (χ0v) is 10.4. The summed E-state index contributed by atoms with van der Waals surface area (Å²) >= 11 is 0. The molecule has 0 bridgehead atoms. The van der Waals surface area contributed by atoms with Crippen LogP contribution in [0.2, 0.25) is 0 Å². The number of carbonyl (C=O) groups excluding carboxylic acids is 1. The topological polar surface area (TPSA) is 41.6 Å². The van der Waals surface area contributed by atoms with Gasteiger partial charge in [0.1, 0.15) is 12.0 Å². The van der Waals surface area contributed by atoms with Crippen LogP contribution in [0.3, 0.4) is 0 Å². The number of hydrogen-bond donors (Lipinski definition) is 1. The summed E-state index contributed by atoms with van der Waals surface area (Å²) in [6, 6.07) is 6.33. The van der Waals surface area contributed by atoms with E-state index in [1.165, 1.54) is 12.1 Å². The highest BCUT2D eigenvalue weighted by Crippen LogP contribution is 2.23. The van der Waals surface area contributed by atoms with E-state index in [-0.39, 0.29) is 17.9 Å². The number of nitrogens with zero attached hydrogens (tertiary/aromatic N) is 1. The van der Waals surface area contributed by atoms with E-state index < -0.39 is 0 Å². The highest BCUT2D eigenvalue weighted by atomic mass is 19.1. The standard InChI is InChI=1S/C13H17FN2O2/c1-18-7-3-6-16-12(17)9-15-13(16)10-4-2-5-11(14)8-10/h2,4-5,8,13,15H,3,6-7,9H2,1H3. The van der Waals surface area contributed by atoms with Gasteiger partial charge in [0, 0.05) is 20.3 Å². The Morgan fingerprint density at radius 3 is 3.11 bits per heavy atom. The highest BCUT2D eigenvalue weighted by molar-refractivity contribution is 5.80. The van der Waals surface area contributed by atoms with E-state index in [9.17, 15) is 9.18 Å². The zero-order chi connectivity index (χ0) is 13.0. The third-order valence-electron chi connectivity index (χ3n) is 2.99. The van der Waals surface area contributed by atoms with Gasteiger partial charge in [-0.2, -0.15) is 0 Å². The van der Waals surface area contributed by atoms with Gasteiger partial charge in [0.15, 0.2) is 0 Å². The monoisotopic (exact) mass is 252 g/mol. The molecule has 1 aliphatic heterocycles. The molecular formula is C13H17FN2O2. The SMILES string of the molecule is COCCCN1C(=O)CNC1c1cccc(F)c1. The molecule has 1 aromatic rings. The van der Waals surface area contributed by atoms with Crippen molar-refractivity contribution in [3.05, 3.63) is 35.6 Å². The molecule has 1 aromatic carbocycles. The lowest BCUT2D eigenvalue weighted by molar-refractivity contribution is -0.128. The number of ether oxygens (including phenoxy) is 1. The minimum absolute atomic E-state index is 0.0420. The average molecular weight is 252 g/mol. The Bertz CT molecular complexity index is 425. The Morgan fingerprint density at radius 2 is 2.39 bits per heavy atom. The van der Waals surface area contributed by atoms with E-state index in [1.807, 2.05) is 6.07 Å². The van der Waals surface area contributed by atoms with Crippen molar-refractivity contribution in [1.82, 2.24) is 10.2 Å². The number of rotatable bonds is 5. The van der Waals surface area contributed by atoms with Gasteiger partial charge in [0.2, 0.25) is 5.91 Å². The molecule has 0 aliphatic carbocycles. The molecule has 18 heavy (non-hydrogen) atoms. The van der Waals surface area contributed by atoms with Gasteiger partial charge in [0.05, 0.1) is 6.54 Å². The number of halogens is 1. The summed E-state index contributed by atoms with van der Waals surface area (Å²) in [5, 5.41) is 3.10. The van der Waals surface area contributed by atoms with Crippen LogP contribution in [0.15, 0.2) is 24.3 Å². The van der Waals surface area contributed by atoms with Gasteiger partial charge in [-0.3, -0.25) is 10.1 Å². The fraction of sp³-hybridized carbons (Fsp3) is 0.462. The minimum atomic E-state index is -0.287. The van der Waals surface area contributed by atoms with E-state index in [2.05, 4.69) is 5.32 Å². The van der Waals surface area contributed by atoms with Crippen LogP contribution in [0.5, 0.6) is 0 Å². The van der Waals surface area contributed by atoms with Gasteiger partial charge in [-0.1, -0.05) is 12.1 Å². The van der Waals surface area contributed by atoms with Crippen LogP contribution in [0.25, 0.3) is 0 Å². The second kappa shape index (κ2) is 5.93. The molecule has 0 aromatic heterocycles. The molecule has 1 amide bonds. The fourth-order valence-corrected chi connectivity index (χ4v) is 2.15. The molecule has 1 aliphatic rings. The van der Waals surface area contributed by atoms with Crippen molar-refractivity contribution in [2.75, 3.05) is 26.8 Å². The normalized spacial score (nSPS) is 19.6. The van der Waals surface area contributed by atoms with Crippen LogP contribution in [0, 0.1) is 5.82 Å². The molecule has 1 saturated heterocycles. The van der Waals surface area contributed by atoms with Crippen LogP contribution in [-0.4, -0.2) is 37.6 Å². The number of nitrogens with one attached hydrogen (secondary N) is 1. The Morgan fingerprint density at radius 1 is 1.56 bits per heavy atom. The third kappa shape index (κ3) is 2.86. The molecule has 1 N–H and O–H groups in total. The van der Waals surface area contributed by atoms with Crippen LogP contribution < -0.4 is 5.32 Å². The number of amides is 1. The highest BCUT2D eigenvalue weighted by Gasteiger charge is 2.30. The van der Waals surface area contributed by atoms with Crippen LogP contribution in [0.4, 0.5) is 4.39 Å². The van der Waals surface area contributed by atoms with Crippen LogP contribution in [-0.2, 0) is 9.53 Å². The summed E-state index contributed by atoms with van der Waals surface area (Å²) in [6.45, 7) is 1.52. The summed E-state index contributed by atoms with van der Waals surface area (Å²) < 4.78 is 18.2. The second-order valence-corrected chi connectivity index (χ2v) is 4.27. The lowest BCUT2D eigenvalue weighted by Gasteiger charge is -2.24. The maximum absolute atomic E-state index is 13.2. The molecule has 4 nitrogen and oxygen atoms in total. The Hall–Kier alpha value is -1.46. The minimum Gasteiger partial charge on any atom is -0.385 e. The summed E-state index contributed by atoms with van der Waals surface area (Å²) in [6.07, 6.45) is 0.542. The van der Waals surface area contributed by atoms with Gasteiger partial charge in [-0.05, 0) is 24.1 Å². The van der Waals surface area contributed by atoms with Crippen molar-refractivity contribution in [3.63, 3.8) is 0 Å². The Kier molecular flexibility index (Phi) is 4.28. The quantitative estimate of drug-likeness (QED) is 0.803. The zero-order valence-electron chi connectivity index (χ0n) is 10.4. The van der Waals surface area contributed by atoms with Crippen molar-refractivity contribution in [1.29, 1.82) is 0 Å². The van der Waals surface area contributed by atoms with Gasteiger partial charge in [-0.25, -0.2) is 4.39 Å². The largest absolute Gasteiger partial charge is 0.385 e. The van der Waals surface area contributed by atoms with Crippen molar-refractivity contribution < 1.29 is 13.9 Å². The van der Waals surface area contributed by atoms with Gasteiger partial charge in [0.25, 0.3) is 0 Å². The van der Waals surface area contributed by atoms with Crippen molar-refractivity contribution in [3.8, 4) is 0 Å². The molecule has 1 fully saturated rings. The first-order valence-corrected chi connectivity index (χ1v) is 5.99. The lowest BCUT2D eigenvalue weighted by Crippen LogP contribution is -2.31. The summed E-state index contributed by atoms with van der Waals surface area (Å²) in [4.78, 5) is 13.5. The summed E-state index contributed by atoms with van der Waals surface area (Å²) in [5.41, 5.74) is 0.776. The molecule has 2 rings (SSSR count). The first-order valence-electron chi connectivity index (χ1n) is 5.99. The van der Waals surface area contributed by atoms with E-state index in [4.69, 9.17) is 4.74 Å². The molecule has 1 unspecified atom stereocenters. The molecule has 1 heterocycles. The van der Waals surface area contributed by atoms with Crippen molar-refractivity contribution in [2.45, 2.75) is 12.6 Å². The molecule has 1 atom stereocenters. The van der Waals surface area contributed by atoms with Gasteiger partial charge >= 0.3 is 0 Å². The van der Waals surface area contributed by atoms with Crippen molar-refractivity contribution in [2.24, 2.45) is 0 Å². The van der Waals surface area contributed by atoms with E-state index in [0.717, 1.165) is 12.0 Å². The average Bonchev–Trinajstić information content (AvgIpc) is 2.72. The first kappa shape index (κ1) is 13.0.